The number of hydrogen-bond donors (Lipinski definition) is 0. The van der Waals surface area contributed by atoms with Gasteiger partial charge in [-0.25, -0.2) is 0 Å². The lowest BCUT2D eigenvalue weighted by Gasteiger charge is -2.09. The minimum absolute atomic E-state index is 0.237. The number of fused-ring (bicyclic) bond motifs is 1. The van der Waals surface area contributed by atoms with Crippen molar-refractivity contribution in [2.45, 2.75) is 0 Å². The molecule has 1 aliphatic heterocycles. The lowest BCUT2D eigenvalue weighted by atomic mass is 10.1. The van der Waals surface area contributed by atoms with Gasteiger partial charge < -0.3 is 4.74 Å². The molecule has 0 N–H and O–H groups in total. The van der Waals surface area contributed by atoms with Gasteiger partial charge >= 0.3 is 0 Å². The minimum atomic E-state index is -0.237. The highest BCUT2D eigenvalue weighted by molar-refractivity contribution is 6.21. The Bertz CT molecular complexity index is 784. The predicted octanol–water partition coefficient (Wildman–Crippen LogP) is 3.56. The summed E-state index contributed by atoms with van der Waals surface area (Å²) in [6, 6.07) is 14.6. The molecule has 0 saturated heterocycles. The maximum absolute atomic E-state index is 12.2. The van der Waals surface area contributed by atoms with Gasteiger partial charge in [-0.3, -0.25) is 14.5 Å². The molecular formula is C20H17NO3. The molecule has 2 amide bonds. The quantitative estimate of drug-likeness (QED) is 0.625. The molecular weight excluding hydrogens is 302 g/mol. The summed E-state index contributed by atoms with van der Waals surface area (Å²) in [5.41, 5.74) is 2.00. The smallest absolute Gasteiger partial charge is 0.261 e. The van der Waals surface area contributed by atoms with Crippen LogP contribution in [0.2, 0.25) is 0 Å². The van der Waals surface area contributed by atoms with Crippen molar-refractivity contribution < 1.29 is 14.3 Å². The molecule has 0 spiro atoms. The lowest BCUT2D eigenvalue weighted by molar-refractivity contribution is 0.0672. The van der Waals surface area contributed by atoms with Crippen molar-refractivity contribution in [1.82, 2.24) is 4.90 Å². The van der Waals surface area contributed by atoms with Crippen LogP contribution in [0.1, 0.15) is 26.3 Å². The molecule has 1 aliphatic rings. The molecule has 0 aliphatic carbocycles. The number of carbonyl (C=O) groups is 2. The number of allylic oxidation sites excluding steroid dienone is 2. The van der Waals surface area contributed by atoms with Crippen LogP contribution >= 0.6 is 0 Å². The van der Waals surface area contributed by atoms with Gasteiger partial charge in [-0.05, 0) is 29.8 Å². The SMILES string of the molecule is COc1ccc(/C=C/C=C/CN2C(=O)c3ccccc3C2=O)cc1. The molecule has 0 saturated carbocycles. The second kappa shape index (κ2) is 6.96. The number of amides is 2. The second-order valence-electron chi connectivity index (χ2n) is 5.33. The van der Waals surface area contributed by atoms with Gasteiger partial charge in [-0.1, -0.05) is 48.6 Å². The number of ether oxygens (including phenoxy) is 1. The average Bonchev–Trinajstić information content (AvgIpc) is 2.87. The van der Waals surface area contributed by atoms with Crippen LogP contribution in [-0.4, -0.2) is 30.4 Å². The summed E-state index contributed by atoms with van der Waals surface area (Å²) in [4.78, 5) is 25.6. The standard InChI is InChI=1S/C20H17NO3/c1-24-16-12-10-15(11-13-16)7-3-2-6-14-21-19(22)17-8-4-5-9-18(17)20(21)23/h2-13H,14H2,1H3/b6-2+,7-3+. The van der Waals surface area contributed by atoms with E-state index >= 15 is 0 Å². The van der Waals surface area contributed by atoms with Crippen molar-refractivity contribution in [3.63, 3.8) is 0 Å². The van der Waals surface area contributed by atoms with Gasteiger partial charge in [0.05, 0.1) is 18.2 Å². The molecule has 4 nitrogen and oxygen atoms in total. The zero-order valence-electron chi connectivity index (χ0n) is 13.3. The third-order valence-electron chi connectivity index (χ3n) is 3.82. The summed E-state index contributed by atoms with van der Waals surface area (Å²) in [6.45, 7) is 0.263. The second-order valence-corrected chi connectivity index (χ2v) is 5.33. The highest BCUT2D eigenvalue weighted by atomic mass is 16.5. The Morgan fingerprint density at radius 3 is 2.12 bits per heavy atom. The van der Waals surface area contributed by atoms with Gasteiger partial charge in [0.25, 0.3) is 11.8 Å². The van der Waals surface area contributed by atoms with E-state index in [1.807, 2.05) is 42.5 Å². The normalized spacial score (nSPS) is 14.0. The molecule has 0 radical (unpaired) electrons. The van der Waals surface area contributed by atoms with Crippen LogP contribution in [0, 0.1) is 0 Å². The molecule has 0 unspecified atom stereocenters. The summed E-state index contributed by atoms with van der Waals surface area (Å²) < 4.78 is 5.11. The Kier molecular flexibility index (Phi) is 4.57. The van der Waals surface area contributed by atoms with Gasteiger partial charge in [0, 0.05) is 6.54 Å². The Morgan fingerprint density at radius 1 is 0.917 bits per heavy atom. The first kappa shape index (κ1) is 15.7. The van der Waals surface area contributed by atoms with Crippen molar-refractivity contribution in [2.24, 2.45) is 0 Å². The summed E-state index contributed by atoms with van der Waals surface area (Å²) >= 11 is 0. The van der Waals surface area contributed by atoms with Crippen LogP contribution in [-0.2, 0) is 0 Å². The first-order valence-corrected chi connectivity index (χ1v) is 7.63. The van der Waals surface area contributed by atoms with Crippen LogP contribution in [0.5, 0.6) is 5.75 Å². The molecule has 0 fully saturated rings. The molecule has 2 aromatic rings. The van der Waals surface area contributed by atoms with Crippen LogP contribution in [0.4, 0.5) is 0 Å². The van der Waals surface area contributed by atoms with Gasteiger partial charge in [-0.15, -0.1) is 0 Å². The van der Waals surface area contributed by atoms with Gasteiger partial charge in [-0.2, -0.15) is 0 Å². The van der Waals surface area contributed by atoms with Crippen LogP contribution in [0.15, 0.2) is 66.8 Å². The van der Waals surface area contributed by atoms with Crippen LogP contribution in [0.3, 0.4) is 0 Å². The summed E-state index contributed by atoms with van der Waals surface area (Å²) in [5, 5.41) is 0. The van der Waals surface area contributed by atoms with E-state index in [1.54, 1.807) is 37.5 Å². The third-order valence-corrected chi connectivity index (χ3v) is 3.82. The average molecular weight is 319 g/mol. The maximum atomic E-state index is 12.2. The molecule has 4 heteroatoms. The fourth-order valence-corrected chi connectivity index (χ4v) is 2.53. The molecule has 2 aromatic carbocycles. The van der Waals surface area contributed by atoms with Crippen molar-refractivity contribution in [1.29, 1.82) is 0 Å². The number of imide groups is 1. The fraction of sp³-hybridized carbons (Fsp3) is 0.100. The predicted molar refractivity (Wildman–Crippen MR) is 93.0 cm³/mol. The summed E-state index contributed by atoms with van der Waals surface area (Å²) in [7, 11) is 1.63. The highest BCUT2D eigenvalue weighted by Crippen LogP contribution is 2.22. The summed E-state index contributed by atoms with van der Waals surface area (Å²) in [6.07, 6.45) is 7.44. The highest BCUT2D eigenvalue weighted by Gasteiger charge is 2.33. The van der Waals surface area contributed by atoms with Crippen molar-refractivity contribution in [3.05, 3.63) is 83.4 Å². The van der Waals surface area contributed by atoms with Gasteiger partial charge in [0.1, 0.15) is 5.75 Å². The monoisotopic (exact) mass is 319 g/mol. The van der Waals surface area contributed by atoms with E-state index in [-0.39, 0.29) is 18.4 Å². The van der Waals surface area contributed by atoms with Crippen LogP contribution in [0.25, 0.3) is 6.08 Å². The maximum Gasteiger partial charge on any atom is 0.261 e. The fourth-order valence-electron chi connectivity index (χ4n) is 2.53. The number of nitrogens with zero attached hydrogens (tertiary/aromatic N) is 1. The molecule has 1 heterocycles. The van der Waals surface area contributed by atoms with Crippen molar-refractivity contribution >= 4 is 17.9 Å². The Morgan fingerprint density at radius 2 is 1.54 bits per heavy atom. The first-order valence-electron chi connectivity index (χ1n) is 7.63. The van der Waals surface area contributed by atoms with Gasteiger partial charge in [0.15, 0.2) is 0 Å². The number of methoxy groups -OCH3 is 1. The van der Waals surface area contributed by atoms with E-state index in [9.17, 15) is 9.59 Å². The number of hydrogen-bond acceptors (Lipinski definition) is 3. The van der Waals surface area contributed by atoms with E-state index in [0.717, 1.165) is 11.3 Å². The topological polar surface area (TPSA) is 46.6 Å². The third kappa shape index (κ3) is 3.13. The van der Waals surface area contributed by atoms with Gasteiger partial charge in [0.2, 0.25) is 0 Å². The van der Waals surface area contributed by atoms with E-state index in [1.165, 1.54) is 4.90 Å². The lowest BCUT2D eigenvalue weighted by Crippen LogP contribution is -2.29. The molecule has 0 aromatic heterocycles. The number of rotatable bonds is 5. The van der Waals surface area contributed by atoms with Crippen molar-refractivity contribution in [3.8, 4) is 5.75 Å². The van der Waals surface area contributed by atoms with Crippen molar-refractivity contribution in [2.75, 3.05) is 13.7 Å². The largest absolute Gasteiger partial charge is 0.497 e. The zero-order chi connectivity index (χ0) is 16.9. The molecule has 3 rings (SSSR count). The van der Waals surface area contributed by atoms with E-state index in [4.69, 9.17) is 4.74 Å². The zero-order valence-corrected chi connectivity index (χ0v) is 13.3. The molecule has 0 atom stereocenters. The minimum Gasteiger partial charge on any atom is -0.497 e. The Labute approximate surface area is 140 Å². The van der Waals surface area contributed by atoms with Crippen LogP contribution < -0.4 is 4.74 Å². The summed E-state index contributed by atoms with van der Waals surface area (Å²) in [5.74, 6) is 0.340. The molecule has 0 bridgehead atoms. The van der Waals surface area contributed by atoms with E-state index < -0.39 is 0 Å². The molecule has 120 valence electrons. The molecule has 24 heavy (non-hydrogen) atoms. The Hall–Kier alpha value is -3.14. The first-order chi connectivity index (χ1) is 11.7. The number of benzene rings is 2. The Balaban J connectivity index is 1.60. The van der Waals surface area contributed by atoms with E-state index in [2.05, 4.69) is 0 Å². The number of carbonyl (C=O) groups excluding carboxylic acids is 2. The van der Waals surface area contributed by atoms with E-state index in [0.29, 0.717) is 11.1 Å².